The molecule has 0 saturated carbocycles. The lowest BCUT2D eigenvalue weighted by Gasteiger charge is -2.08. The van der Waals surface area contributed by atoms with Gasteiger partial charge in [0.2, 0.25) is 0 Å². The van der Waals surface area contributed by atoms with E-state index in [1.165, 1.54) is 6.33 Å². The number of hydrogen-bond acceptors (Lipinski definition) is 5. The van der Waals surface area contributed by atoms with Gasteiger partial charge in [-0.25, -0.2) is 9.97 Å². The number of H-pyrrole nitrogens is 1. The third kappa shape index (κ3) is 2.82. The highest BCUT2D eigenvalue weighted by Crippen LogP contribution is 2.25. The molecule has 4 rings (SSSR count). The minimum atomic E-state index is 0.700. The smallest absolute Gasteiger partial charge is 0.160 e. The van der Waals surface area contributed by atoms with Crippen LogP contribution in [-0.2, 0) is 0 Å². The van der Waals surface area contributed by atoms with Gasteiger partial charge in [0.05, 0.1) is 11.6 Å². The molecule has 0 amide bonds. The van der Waals surface area contributed by atoms with Crippen LogP contribution in [0.15, 0.2) is 67.1 Å². The van der Waals surface area contributed by atoms with Crippen molar-refractivity contribution in [3.8, 4) is 11.5 Å². The lowest BCUT2D eigenvalue weighted by Crippen LogP contribution is -1.95. The van der Waals surface area contributed by atoms with Crippen molar-refractivity contribution in [3.63, 3.8) is 0 Å². The van der Waals surface area contributed by atoms with E-state index >= 15 is 0 Å². The predicted octanol–water partition coefficient (Wildman–Crippen LogP) is 3.89. The van der Waals surface area contributed by atoms with Crippen LogP contribution >= 0.6 is 0 Å². The molecule has 112 valence electrons. The fraction of sp³-hybridized carbons (Fsp3) is 0. The zero-order valence-corrected chi connectivity index (χ0v) is 12.1. The summed E-state index contributed by atoms with van der Waals surface area (Å²) in [6.45, 7) is 0. The van der Waals surface area contributed by atoms with Crippen LogP contribution < -0.4 is 10.1 Å². The first-order valence-corrected chi connectivity index (χ1v) is 7.12. The van der Waals surface area contributed by atoms with Gasteiger partial charge >= 0.3 is 0 Å². The average Bonchev–Trinajstić information content (AvgIpc) is 3.07. The number of ether oxygens (including phenoxy) is 1. The number of anilines is 2. The van der Waals surface area contributed by atoms with E-state index in [0.717, 1.165) is 22.6 Å². The Bertz CT molecular complexity index is 919. The summed E-state index contributed by atoms with van der Waals surface area (Å²) in [5.74, 6) is 2.29. The number of fused-ring (bicyclic) bond motifs is 1. The van der Waals surface area contributed by atoms with E-state index < -0.39 is 0 Å². The highest BCUT2D eigenvalue weighted by Gasteiger charge is 2.05. The molecule has 0 bridgehead atoms. The van der Waals surface area contributed by atoms with E-state index in [4.69, 9.17) is 4.74 Å². The molecule has 6 heteroatoms. The number of aromatic nitrogens is 4. The molecule has 2 N–H and O–H groups in total. The third-order valence-electron chi connectivity index (χ3n) is 3.34. The van der Waals surface area contributed by atoms with Gasteiger partial charge in [-0.05, 0) is 36.4 Å². The van der Waals surface area contributed by atoms with Crippen molar-refractivity contribution in [3.05, 3.63) is 67.1 Å². The average molecular weight is 303 g/mol. The van der Waals surface area contributed by atoms with Crippen LogP contribution in [0.5, 0.6) is 11.5 Å². The predicted molar refractivity (Wildman–Crippen MR) is 87.9 cm³/mol. The molecular formula is C17H13N5O. The first-order valence-electron chi connectivity index (χ1n) is 7.12. The first kappa shape index (κ1) is 13.3. The van der Waals surface area contributed by atoms with Crippen molar-refractivity contribution in [1.29, 1.82) is 0 Å². The van der Waals surface area contributed by atoms with Gasteiger partial charge in [-0.2, -0.15) is 5.10 Å². The van der Waals surface area contributed by atoms with Crippen LogP contribution in [0.4, 0.5) is 11.5 Å². The second-order valence-corrected chi connectivity index (χ2v) is 4.92. The molecule has 0 unspecified atom stereocenters. The molecule has 0 aliphatic rings. The second kappa shape index (κ2) is 5.76. The summed E-state index contributed by atoms with van der Waals surface area (Å²) < 4.78 is 5.77. The van der Waals surface area contributed by atoms with Gasteiger partial charge in [-0.1, -0.05) is 18.2 Å². The maximum absolute atomic E-state index is 5.77. The molecule has 4 aromatic rings. The van der Waals surface area contributed by atoms with Crippen molar-refractivity contribution in [1.82, 2.24) is 20.2 Å². The highest BCUT2D eigenvalue weighted by atomic mass is 16.5. The van der Waals surface area contributed by atoms with Gasteiger partial charge in [-0.15, -0.1) is 0 Å². The summed E-state index contributed by atoms with van der Waals surface area (Å²) in [5, 5.41) is 10.9. The molecule has 2 aromatic carbocycles. The lowest BCUT2D eigenvalue weighted by molar-refractivity contribution is 0.483. The summed E-state index contributed by atoms with van der Waals surface area (Å²) in [5.41, 5.74) is 1.61. The number of para-hydroxylation sites is 1. The zero-order valence-electron chi connectivity index (χ0n) is 12.1. The Hall–Kier alpha value is -3.41. The SMILES string of the molecule is c1ccc(Oc2ccc(Nc3ncnc4[nH]ncc34)cc2)cc1. The Labute approximate surface area is 132 Å². The molecule has 0 radical (unpaired) electrons. The second-order valence-electron chi connectivity index (χ2n) is 4.92. The van der Waals surface area contributed by atoms with Crippen molar-refractivity contribution in [2.45, 2.75) is 0 Å². The van der Waals surface area contributed by atoms with Crippen molar-refractivity contribution in [2.75, 3.05) is 5.32 Å². The van der Waals surface area contributed by atoms with E-state index in [2.05, 4.69) is 25.5 Å². The summed E-state index contributed by atoms with van der Waals surface area (Å²) in [7, 11) is 0. The Balaban J connectivity index is 1.53. The van der Waals surface area contributed by atoms with Gasteiger partial charge in [0.1, 0.15) is 23.6 Å². The molecule has 2 heterocycles. The van der Waals surface area contributed by atoms with E-state index in [1.54, 1.807) is 6.20 Å². The van der Waals surface area contributed by atoms with Crippen molar-refractivity contribution >= 4 is 22.5 Å². The van der Waals surface area contributed by atoms with Crippen LogP contribution in [0.2, 0.25) is 0 Å². The van der Waals surface area contributed by atoms with Crippen LogP contribution in [0.25, 0.3) is 11.0 Å². The standard InChI is InChI=1S/C17H13N5O/c1-2-4-13(5-3-1)23-14-8-6-12(7-9-14)21-16-15-10-20-22-17(15)19-11-18-16/h1-11H,(H2,18,19,20,21,22). The van der Waals surface area contributed by atoms with Gasteiger partial charge in [0.15, 0.2) is 5.65 Å². The number of benzene rings is 2. The van der Waals surface area contributed by atoms with Gasteiger partial charge in [0, 0.05) is 5.69 Å². The van der Waals surface area contributed by atoms with Gasteiger partial charge in [0.25, 0.3) is 0 Å². The van der Waals surface area contributed by atoms with Gasteiger partial charge in [-0.3, -0.25) is 5.10 Å². The van der Waals surface area contributed by atoms with Crippen LogP contribution in [0, 0.1) is 0 Å². The Morgan fingerprint density at radius 3 is 2.48 bits per heavy atom. The maximum Gasteiger partial charge on any atom is 0.160 e. The number of rotatable bonds is 4. The number of hydrogen-bond donors (Lipinski definition) is 2. The maximum atomic E-state index is 5.77. The van der Waals surface area contributed by atoms with Crippen LogP contribution in [-0.4, -0.2) is 20.2 Å². The topological polar surface area (TPSA) is 75.7 Å². The molecule has 0 spiro atoms. The summed E-state index contributed by atoms with van der Waals surface area (Å²) >= 11 is 0. The summed E-state index contributed by atoms with van der Waals surface area (Å²) in [6, 6.07) is 17.4. The molecule has 0 aliphatic heterocycles. The van der Waals surface area contributed by atoms with E-state index in [-0.39, 0.29) is 0 Å². The van der Waals surface area contributed by atoms with Crippen LogP contribution in [0.1, 0.15) is 0 Å². The fourth-order valence-electron chi connectivity index (χ4n) is 2.23. The van der Waals surface area contributed by atoms with E-state index in [0.29, 0.717) is 11.5 Å². The van der Waals surface area contributed by atoms with Crippen LogP contribution in [0.3, 0.4) is 0 Å². The Kier molecular flexibility index (Phi) is 3.32. The van der Waals surface area contributed by atoms with Crippen molar-refractivity contribution in [2.24, 2.45) is 0 Å². The molecule has 6 nitrogen and oxygen atoms in total. The minimum Gasteiger partial charge on any atom is -0.457 e. The Morgan fingerprint density at radius 1 is 0.870 bits per heavy atom. The number of nitrogens with zero attached hydrogens (tertiary/aromatic N) is 3. The fourth-order valence-corrected chi connectivity index (χ4v) is 2.23. The van der Waals surface area contributed by atoms with Crippen molar-refractivity contribution < 1.29 is 4.74 Å². The number of aromatic amines is 1. The number of nitrogens with one attached hydrogen (secondary N) is 2. The largest absolute Gasteiger partial charge is 0.457 e. The van der Waals surface area contributed by atoms with E-state index in [1.807, 2.05) is 54.6 Å². The molecule has 2 aromatic heterocycles. The summed E-state index contributed by atoms with van der Waals surface area (Å²) in [6.07, 6.45) is 3.19. The third-order valence-corrected chi connectivity index (χ3v) is 3.34. The zero-order chi connectivity index (χ0) is 15.5. The molecule has 0 saturated heterocycles. The molecule has 0 atom stereocenters. The summed E-state index contributed by atoms with van der Waals surface area (Å²) in [4.78, 5) is 8.37. The molecule has 23 heavy (non-hydrogen) atoms. The van der Waals surface area contributed by atoms with Gasteiger partial charge < -0.3 is 10.1 Å². The lowest BCUT2D eigenvalue weighted by atomic mass is 10.3. The quantitative estimate of drug-likeness (QED) is 0.598. The highest BCUT2D eigenvalue weighted by molar-refractivity contribution is 5.87. The Morgan fingerprint density at radius 2 is 1.65 bits per heavy atom. The first-order chi connectivity index (χ1) is 11.4. The van der Waals surface area contributed by atoms with E-state index in [9.17, 15) is 0 Å². The molecular weight excluding hydrogens is 290 g/mol. The molecule has 0 fully saturated rings. The minimum absolute atomic E-state index is 0.700. The monoisotopic (exact) mass is 303 g/mol. The normalized spacial score (nSPS) is 10.6. The molecule has 0 aliphatic carbocycles.